The Balaban J connectivity index is 2.17. The second-order valence-electron chi connectivity index (χ2n) is 5.66. The van der Waals surface area contributed by atoms with Gasteiger partial charge in [0.1, 0.15) is 11.3 Å². The number of hydrogen-bond acceptors (Lipinski definition) is 5. The van der Waals surface area contributed by atoms with Crippen LogP contribution in [0.3, 0.4) is 0 Å². The van der Waals surface area contributed by atoms with Gasteiger partial charge in [-0.05, 0) is 19.8 Å². The van der Waals surface area contributed by atoms with Gasteiger partial charge < -0.3 is 14.7 Å². The molecule has 2 unspecified atom stereocenters. The van der Waals surface area contributed by atoms with Crippen LogP contribution in [0.5, 0.6) is 0 Å². The second-order valence-corrected chi connectivity index (χ2v) is 6.78. The number of carboxylic acid groups (broad SMARTS) is 1. The first-order valence-electron chi connectivity index (χ1n) is 7.77. The number of rotatable bonds is 6. The first kappa shape index (κ1) is 18.5. The van der Waals surface area contributed by atoms with Gasteiger partial charge in [0, 0.05) is 19.2 Å². The number of benzene rings is 1. The Hall–Kier alpha value is -1.86. The van der Waals surface area contributed by atoms with Crippen LogP contribution in [0.1, 0.15) is 30.1 Å². The van der Waals surface area contributed by atoms with Gasteiger partial charge in [-0.2, -0.15) is 0 Å². The predicted octanol–water partition coefficient (Wildman–Crippen LogP) is 2.04. The van der Waals surface area contributed by atoms with E-state index in [9.17, 15) is 19.5 Å². The molecular weight excluding hydrogens is 330 g/mol. The zero-order chi connectivity index (χ0) is 17.7. The third-order valence-corrected chi connectivity index (χ3v) is 5.39. The summed E-state index contributed by atoms with van der Waals surface area (Å²) in [5.41, 5.74) is 0.500. The Kier molecular flexibility index (Phi) is 6.39. The smallest absolute Gasteiger partial charge is 0.326 e. The number of nitrogens with zero attached hydrogens (tertiary/aromatic N) is 1. The van der Waals surface area contributed by atoms with Crippen LogP contribution in [0.25, 0.3) is 0 Å². The summed E-state index contributed by atoms with van der Waals surface area (Å²) >= 11 is 0.891. The van der Waals surface area contributed by atoms with Crippen LogP contribution in [-0.2, 0) is 14.3 Å². The van der Waals surface area contributed by atoms with Crippen LogP contribution in [0.15, 0.2) is 30.3 Å². The van der Waals surface area contributed by atoms with Gasteiger partial charge >= 0.3 is 5.97 Å². The predicted molar refractivity (Wildman–Crippen MR) is 91.0 cm³/mol. The highest BCUT2D eigenvalue weighted by Gasteiger charge is 2.40. The molecule has 1 N–H and O–H groups in total. The van der Waals surface area contributed by atoms with E-state index in [1.807, 2.05) is 6.07 Å². The molecule has 24 heavy (non-hydrogen) atoms. The minimum absolute atomic E-state index is 0.232. The fraction of sp³-hybridized carbons (Fsp3) is 0.471. The van der Waals surface area contributed by atoms with E-state index in [2.05, 4.69) is 0 Å². The Morgan fingerprint density at radius 1 is 1.29 bits per heavy atom. The molecule has 3 atom stereocenters. The number of aliphatic carboxylic acids is 1. The van der Waals surface area contributed by atoms with E-state index in [1.54, 1.807) is 31.2 Å². The number of thioether (sulfide) groups is 1. The number of carbonyl (C=O) groups excluding carboxylic acids is 2. The molecule has 0 spiro atoms. The molecule has 0 aromatic heterocycles. The molecule has 1 heterocycles. The van der Waals surface area contributed by atoms with Gasteiger partial charge in [0.2, 0.25) is 11.0 Å². The highest BCUT2D eigenvalue weighted by molar-refractivity contribution is 8.15. The molecule has 130 valence electrons. The van der Waals surface area contributed by atoms with Crippen LogP contribution in [0.4, 0.5) is 0 Å². The molecule has 6 nitrogen and oxygen atoms in total. The summed E-state index contributed by atoms with van der Waals surface area (Å²) in [5, 5.41) is 8.26. The molecule has 2 rings (SSSR count). The molecule has 0 bridgehead atoms. The second kappa shape index (κ2) is 8.30. The third-order valence-electron chi connectivity index (χ3n) is 4.11. The van der Waals surface area contributed by atoms with E-state index >= 15 is 0 Å². The van der Waals surface area contributed by atoms with Gasteiger partial charge in [0.15, 0.2) is 0 Å². The van der Waals surface area contributed by atoms with Crippen LogP contribution >= 0.6 is 11.8 Å². The molecule has 1 aromatic carbocycles. The summed E-state index contributed by atoms with van der Waals surface area (Å²) < 4.78 is 5.26. The van der Waals surface area contributed by atoms with Crippen molar-refractivity contribution in [2.24, 2.45) is 0 Å². The summed E-state index contributed by atoms with van der Waals surface area (Å²) in [4.78, 5) is 37.9. The van der Waals surface area contributed by atoms with Crippen molar-refractivity contribution in [3.63, 3.8) is 0 Å². The van der Waals surface area contributed by atoms with Gasteiger partial charge in [0.25, 0.3) is 0 Å². The molecule has 1 aliphatic rings. The quantitative estimate of drug-likeness (QED) is 0.844. The summed E-state index contributed by atoms with van der Waals surface area (Å²) in [5.74, 6) is -1.37. The van der Waals surface area contributed by atoms with Crippen molar-refractivity contribution < 1.29 is 24.2 Å². The van der Waals surface area contributed by atoms with Gasteiger partial charge in [-0.15, -0.1) is 0 Å². The number of carboxylic acids is 1. The average molecular weight is 351 g/mol. The lowest BCUT2D eigenvalue weighted by Gasteiger charge is -2.28. The molecule has 1 fully saturated rings. The lowest BCUT2D eigenvalue weighted by atomic mass is 10.2. The molecule has 1 aliphatic heterocycles. The van der Waals surface area contributed by atoms with Crippen molar-refractivity contribution in [1.82, 2.24) is 4.90 Å². The molecule has 1 amide bonds. The maximum Gasteiger partial charge on any atom is 0.326 e. The minimum Gasteiger partial charge on any atom is -0.480 e. The van der Waals surface area contributed by atoms with Gasteiger partial charge in [0.05, 0.1) is 6.10 Å². The number of hydrogen-bond donors (Lipinski definition) is 1. The van der Waals surface area contributed by atoms with E-state index in [0.29, 0.717) is 24.9 Å². The van der Waals surface area contributed by atoms with Crippen molar-refractivity contribution in [3.05, 3.63) is 35.9 Å². The Morgan fingerprint density at radius 3 is 2.54 bits per heavy atom. The zero-order valence-corrected chi connectivity index (χ0v) is 14.5. The van der Waals surface area contributed by atoms with E-state index in [4.69, 9.17) is 4.74 Å². The van der Waals surface area contributed by atoms with Crippen molar-refractivity contribution in [2.75, 3.05) is 13.7 Å². The lowest BCUT2D eigenvalue weighted by molar-refractivity contribution is -0.148. The standard InChI is InChI=1S/C17H21NO5S/c1-11(23-2)14(24-17(22)12-7-4-3-5-8-12)15(19)18-10-6-9-13(18)16(20)21/h3-5,7-8,11,13-14H,6,9-10H2,1-2H3,(H,20,21)/t11?,13-,14?/m0/s1. The normalized spacial score (nSPS) is 19.8. The van der Waals surface area contributed by atoms with Crippen LogP contribution < -0.4 is 0 Å². The fourth-order valence-electron chi connectivity index (χ4n) is 2.68. The SMILES string of the molecule is COC(C)C(SC(=O)c1ccccc1)C(=O)N1CCC[C@H]1C(=O)O. The van der Waals surface area contributed by atoms with E-state index in [-0.39, 0.29) is 11.0 Å². The van der Waals surface area contributed by atoms with Crippen LogP contribution in [0.2, 0.25) is 0 Å². The maximum absolute atomic E-state index is 12.8. The Bertz CT molecular complexity index is 606. The maximum atomic E-state index is 12.8. The number of likely N-dealkylation sites (tertiary alicyclic amines) is 1. The van der Waals surface area contributed by atoms with Crippen LogP contribution in [-0.4, -0.2) is 58.0 Å². The number of amides is 1. The highest BCUT2D eigenvalue weighted by Crippen LogP contribution is 2.27. The molecule has 0 saturated carbocycles. The molecule has 0 radical (unpaired) electrons. The van der Waals surface area contributed by atoms with Gasteiger partial charge in [-0.1, -0.05) is 42.1 Å². The van der Waals surface area contributed by atoms with Crippen molar-refractivity contribution in [3.8, 4) is 0 Å². The van der Waals surface area contributed by atoms with E-state index in [0.717, 1.165) is 11.8 Å². The lowest BCUT2D eigenvalue weighted by Crippen LogP contribution is -2.48. The third kappa shape index (κ3) is 4.15. The number of carbonyl (C=O) groups is 3. The fourth-order valence-corrected chi connectivity index (χ4v) is 3.72. The first-order valence-corrected chi connectivity index (χ1v) is 8.65. The van der Waals surface area contributed by atoms with Crippen LogP contribution in [0, 0.1) is 0 Å². The zero-order valence-electron chi connectivity index (χ0n) is 13.7. The number of methoxy groups -OCH3 is 1. The molecule has 1 aromatic rings. The van der Waals surface area contributed by atoms with E-state index in [1.165, 1.54) is 12.0 Å². The summed E-state index contributed by atoms with van der Waals surface area (Å²) in [6, 6.07) is 7.87. The largest absolute Gasteiger partial charge is 0.480 e. The topological polar surface area (TPSA) is 83.9 Å². The minimum atomic E-state index is -1.01. The summed E-state index contributed by atoms with van der Waals surface area (Å²) in [6.45, 7) is 2.10. The Labute approximate surface area is 145 Å². The van der Waals surface area contributed by atoms with Gasteiger partial charge in [-0.25, -0.2) is 4.79 Å². The van der Waals surface area contributed by atoms with Gasteiger partial charge in [-0.3, -0.25) is 9.59 Å². The van der Waals surface area contributed by atoms with Crippen molar-refractivity contribution in [2.45, 2.75) is 37.2 Å². The summed E-state index contributed by atoms with van der Waals surface area (Å²) in [6.07, 6.45) is 0.575. The molecule has 7 heteroatoms. The van der Waals surface area contributed by atoms with Crippen molar-refractivity contribution >= 4 is 28.8 Å². The van der Waals surface area contributed by atoms with Crippen molar-refractivity contribution in [1.29, 1.82) is 0 Å². The van der Waals surface area contributed by atoms with E-state index < -0.39 is 23.4 Å². The summed E-state index contributed by atoms with van der Waals surface area (Å²) in [7, 11) is 1.47. The molecular formula is C17H21NO5S. The first-order chi connectivity index (χ1) is 11.5. The molecule has 0 aliphatic carbocycles. The average Bonchev–Trinajstić information content (AvgIpc) is 3.09. The number of ether oxygens (including phenoxy) is 1. The highest BCUT2D eigenvalue weighted by atomic mass is 32.2. The monoisotopic (exact) mass is 351 g/mol. The molecule has 1 saturated heterocycles. The Morgan fingerprint density at radius 2 is 1.96 bits per heavy atom.